The van der Waals surface area contributed by atoms with Gasteiger partial charge in [-0.25, -0.2) is 4.39 Å². The van der Waals surface area contributed by atoms with Gasteiger partial charge in [0.25, 0.3) is 5.91 Å². The highest BCUT2D eigenvalue weighted by Crippen LogP contribution is 2.19. The summed E-state index contributed by atoms with van der Waals surface area (Å²) in [6.45, 7) is 6.49. The van der Waals surface area contributed by atoms with Crippen molar-refractivity contribution in [3.05, 3.63) is 29.6 Å². The highest BCUT2D eigenvalue weighted by Gasteiger charge is 2.20. The molecule has 0 saturated carbocycles. The first-order valence-corrected chi connectivity index (χ1v) is 6.18. The molecule has 1 amide bonds. The fourth-order valence-corrected chi connectivity index (χ4v) is 1.70. The number of halogens is 1. The SMILES string of the molecule is CCN(CC)C(=O)C(C)Oc1ccc(C#N)cc1F. The van der Waals surface area contributed by atoms with E-state index in [9.17, 15) is 9.18 Å². The van der Waals surface area contributed by atoms with Gasteiger partial charge in [0.2, 0.25) is 0 Å². The first-order valence-electron chi connectivity index (χ1n) is 6.18. The summed E-state index contributed by atoms with van der Waals surface area (Å²) in [5.41, 5.74) is 0.215. The van der Waals surface area contributed by atoms with Gasteiger partial charge in [0, 0.05) is 13.1 Å². The number of benzene rings is 1. The summed E-state index contributed by atoms with van der Waals surface area (Å²) in [7, 11) is 0. The van der Waals surface area contributed by atoms with Crippen LogP contribution in [0.3, 0.4) is 0 Å². The lowest BCUT2D eigenvalue weighted by Gasteiger charge is -2.23. The van der Waals surface area contributed by atoms with Crippen LogP contribution in [0.1, 0.15) is 26.3 Å². The van der Waals surface area contributed by atoms with Crippen LogP contribution in [-0.2, 0) is 4.79 Å². The fourth-order valence-electron chi connectivity index (χ4n) is 1.70. The third-order valence-corrected chi connectivity index (χ3v) is 2.79. The smallest absolute Gasteiger partial charge is 0.263 e. The van der Waals surface area contributed by atoms with Gasteiger partial charge in [0.1, 0.15) is 0 Å². The van der Waals surface area contributed by atoms with Crippen molar-refractivity contribution in [2.75, 3.05) is 13.1 Å². The van der Waals surface area contributed by atoms with Gasteiger partial charge < -0.3 is 9.64 Å². The molecule has 1 unspecified atom stereocenters. The Morgan fingerprint density at radius 2 is 2.11 bits per heavy atom. The van der Waals surface area contributed by atoms with Crippen LogP contribution < -0.4 is 4.74 Å². The van der Waals surface area contributed by atoms with Gasteiger partial charge >= 0.3 is 0 Å². The van der Waals surface area contributed by atoms with Crippen LogP contribution in [0.4, 0.5) is 4.39 Å². The summed E-state index contributed by atoms with van der Waals surface area (Å²) in [4.78, 5) is 13.6. The molecule has 1 aromatic carbocycles. The summed E-state index contributed by atoms with van der Waals surface area (Å²) >= 11 is 0. The molecule has 0 aliphatic carbocycles. The number of likely N-dealkylation sites (N-methyl/N-ethyl adjacent to an activating group) is 1. The quantitative estimate of drug-likeness (QED) is 0.820. The number of ether oxygens (including phenoxy) is 1. The zero-order valence-corrected chi connectivity index (χ0v) is 11.3. The maximum Gasteiger partial charge on any atom is 0.263 e. The van der Waals surface area contributed by atoms with Crippen LogP contribution in [0.5, 0.6) is 5.75 Å². The van der Waals surface area contributed by atoms with Crippen molar-refractivity contribution in [2.24, 2.45) is 0 Å². The van der Waals surface area contributed by atoms with Gasteiger partial charge in [-0.15, -0.1) is 0 Å². The minimum absolute atomic E-state index is 0.0213. The Labute approximate surface area is 112 Å². The van der Waals surface area contributed by atoms with E-state index in [2.05, 4.69) is 0 Å². The van der Waals surface area contributed by atoms with E-state index >= 15 is 0 Å². The Hall–Kier alpha value is -2.09. The highest BCUT2D eigenvalue weighted by atomic mass is 19.1. The molecule has 5 heteroatoms. The van der Waals surface area contributed by atoms with Gasteiger partial charge in [0.05, 0.1) is 11.6 Å². The third-order valence-electron chi connectivity index (χ3n) is 2.79. The average molecular weight is 264 g/mol. The second kappa shape index (κ2) is 6.74. The molecule has 0 radical (unpaired) electrons. The summed E-state index contributed by atoms with van der Waals surface area (Å²) in [6.07, 6.45) is -0.762. The van der Waals surface area contributed by atoms with E-state index in [1.54, 1.807) is 11.8 Å². The van der Waals surface area contributed by atoms with E-state index in [1.165, 1.54) is 12.1 Å². The van der Waals surface area contributed by atoms with E-state index in [0.29, 0.717) is 13.1 Å². The van der Waals surface area contributed by atoms with Crippen molar-refractivity contribution in [1.82, 2.24) is 4.90 Å². The van der Waals surface area contributed by atoms with Gasteiger partial charge in [0.15, 0.2) is 17.7 Å². The Kier molecular flexibility index (Phi) is 5.31. The molecule has 0 aliphatic rings. The summed E-state index contributed by atoms with van der Waals surface area (Å²) in [6, 6.07) is 5.74. The highest BCUT2D eigenvalue weighted by molar-refractivity contribution is 5.80. The zero-order valence-electron chi connectivity index (χ0n) is 11.3. The first-order chi connectivity index (χ1) is 9.03. The van der Waals surface area contributed by atoms with Crippen molar-refractivity contribution in [2.45, 2.75) is 26.9 Å². The molecule has 0 bridgehead atoms. The van der Waals surface area contributed by atoms with Crippen molar-refractivity contribution >= 4 is 5.91 Å². The fraction of sp³-hybridized carbons (Fsp3) is 0.429. The number of carbonyl (C=O) groups excluding carboxylic acids is 1. The Bertz CT molecular complexity index is 493. The third kappa shape index (κ3) is 3.68. The van der Waals surface area contributed by atoms with Crippen LogP contribution in [0.15, 0.2) is 18.2 Å². The minimum Gasteiger partial charge on any atom is -0.478 e. The number of nitrogens with zero attached hydrogens (tertiary/aromatic N) is 2. The van der Waals surface area contributed by atoms with E-state index in [-0.39, 0.29) is 17.2 Å². The molecule has 4 nitrogen and oxygen atoms in total. The summed E-state index contributed by atoms with van der Waals surface area (Å²) in [5.74, 6) is -0.848. The molecule has 1 rings (SSSR count). The second-order valence-electron chi connectivity index (χ2n) is 4.03. The van der Waals surface area contributed by atoms with Gasteiger partial charge in [-0.1, -0.05) is 0 Å². The Morgan fingerprint density at radius 1 is 1.47 bits per heavy atom. The van der Waals surface area contributed by atoms with Crippen LogP contribution in [0, 0.1) is 17.1 Å². The van der Waals surface area contributed by atoms with Crippen LogP contribution in [0.25, 0.3) is 0 Å². The van der Waals surface area contributed by atoms with E-state index in [4.69, 9.17) is 10.00 Å². The number of nitriles is 1. The van der Waals surface area contributed by atoms with Crippen LogP contribution in [0.2, 0.25) is 0 Å². The normalized spacial score (nSPS) is 11.5. The molecule has 0 fully saturated rings. The van der Waals surface area contributed by atoms with E-state index in [1.807, 2.05) is 19.9 Å². The van der Waals surface area contributed by atoms with Gasteiger partial charge in [-0.3, -0.25) is 4.79 Å². The molecule has 0 saturated heterocycles. The molecular weight excluding hydrogens is 247 g/mol. The Morgan fingerprint density at radius 3 is 2.58 bits per heavy atom. The van der Waals surface area contributed by atoms with E-state index in [0.717, 1.165) is 6.07 Å². The van der Waals surface area contributed by atoms with Crippen LogP contribution in [-0.4, -0.2) is 30.0 Å². The minimum atomic E-state index is -0.762. The van der Waals surface area contributed by atoms with Crippen molar-refractivity contribution in [3.8, 4) is 11.8 Å². The topological polar surface area (TPSA) is 53.3 Å². The monoisotopic (exact) mass is 264 g/mol. The maximum atomic E-state index is 13.6. The predicted molar refractivity (Wildman–Crippen MR) is 69.1 cm³/mol. The zero-order chi connectivity index (χ0) is 14.4. The molecule has 0 spiro atoms. The van der Waals surface area contributed by atoms with Crippen LogP contribution >= 0.6 is 0 Å². The average Bonchev–Trinajstić information content (AvgIpc) is 2.42. The summed E-state index contributed by atoms with van der Waals surface area (Å²) in [5, 5.41) is 8.64. The summed E-state index contributed by atoms with van der Waals surface area (Å²) < 4.78 is 18.9. The molecule has 0 heterocycles. The predicted octanol–water partition coefficient (Wildman–Crippen LogP) is 2.33. The lowest BCUT2D eigenvalue weighted by molar-refractivity contribution is -0.137. The lowest BCUT2D eigenvalue weighted by Crippen LogP contribution is -2.40. The number of amides is 1. The number of rotatable bonds is 5. The molecule has 1 atom stereocenters. The standard InChI is InChI=1S/C14H17FN2O2/c1-4-17(5-2)14(18)10(3)19-13-7-6-11(9-16)8-12(13)15/h6-8,10H,4-5H2,1-3H3. The molecule has 0 aromatic heterocycles. The largest absolute Gasteiger partial charge is 0.478 e. The van der Waals surface area contributed by atoms with Gasteiger partial charge in [-0.2, -0.15) is 5.26 Å². The maximum absolute atomic E-state index is 13.6. The van der Waals surface area contributed by atoms with Crippen molar-refractivity contribution in [1.29, 1.82) is 5.26 Å². The number of hydrogen-bond acceptors (Lipinski definition) is 3. The number of hydrogen-bond donors (Lipinski definition) is 0. The molecule has 0 N–H and O–H groups in total. The second-order valence-corrected chi connectivity index (χ2v) is 4.03. The van der Waals surface area contributed by atoms with E-state index < -0.39 is 11.9 Å². The molecule has 102 valence electrons. The van der Waals surface area contributed by atoms with Crippen molar-refractivity contribution < 1.29 is 13.9 Å². The Balaban J connectivity index is 2.80. The number of carbonyl (C=O) groups is 1. The molecule has 0 aliphatic heterocycles. The lowest BCUT2D eigenvalue weighted by atomic mass is 10.2. The van der Waals surface area contributed by atoms with Gasteiger partial charge in [-0.05, 0) is 39.0 Å². The molecule has 19 heavy (non-hydrogen) atoms. The first kappa shape index (κ1) is 15.0. The molecule has 1 aromatic rings. The van der Waals surface area contributed by atoms with Crippen molar-refractivity contribution in [3.63, 3.8) is 0 Å². The molecular formula is C14H17FN2O2.